The smallest absolute Gasteiger partial charge is 0.459 e. The number of carboxylic acids is 1. The molecule has 0 spiro atoms. The Hall–Kier alpha value is -3.07. The van der Waals surface area contributed by atoms with Gasteiger partial charge in [-0.15, -0.1) is 0 Å². The Morgan fingerprint density at radius 2 is 2.02 bits per heavy atom. The van der Waals surface area contributed by atoms with Crippen LogP contribution in [0.1, 0.15) is 40.3 Å². The summed E-state index contributed by atoms with van der Waals surface area (Å²) in [6.07, 6.45) is -3.37. The van der Waals surface area contributed by atoms with E-state index in [1.165, 1.54) is 42.1 Å². The van der Waals surface area contributed by atoms with E-state index in [2.05, 4.69) is 20.0 Å². The Bertz CT molecular complexity index is 1460. The standard InChI is InChI=1S/C24H31ClFN6O8P/c1-5-23(3,21(34)35)31-41(36,40-14-9-7-13(25)8-10-14)38-11-15-17(33)24(4,26)20(39-15)32-12-28-16-18(32)29-22(27)30-19(16)37-6-2/h7-10,12,15,17,20,33H,5-6,11H2,1-4H3,(H,31,36)(H,34,35)(H2,27,29,30)/t15-,17-,20-,23+,24-,41?/m1/s1. The number of imidazole rings is 1. The molecule has 1 aliphatic heterocycles. The highest BCUT2D eigenvalue weighted by Crippen LogP contribution is 2.49. The third kappa shape index (κ3) is 6.25. The van der Waals surface area contributed by atoms with Crippen molar-refractivity contribution in [1.29, 1.82) is 0 Å². The van der Waals surface area contributed by atoms with E-state index in [9.17, 15) is 19.6 Å². The fraction of sp³-hybridized carbons (Fsp3) is 0.500. The molecule has 224 valence electrons. The third-order valence-electron chi connectivity index (χ3n) is 6.67. The average molecular weight is 617 g/mol. The fourth-order valence-electron chi connectivity index (χ4n) is 4.13. The van der Waals surface area contributed by atoms with Crippen LogP contribution in [0.15, 0.2) is 30.6 Å². The van der Waals surface area contributed by atoms with E-state index in [1.807, 2.05) is 0 Å². The van der Waals surface area contributed by atoms with Gasteiger partial charge in [-0.2, -0.15) is 15.1 Å². The molecule has 0 aliphatic carbocycles. The van der Waals surface area contributed by atoms with Crippen molar-refractivity contribution in [2.75, 3.05) is 18.9 Å². The first-order chi connectivity index (χ1) is 19.2. The van der Waals surface area contributed by atoms with Crippen molar-refractivity contribution in [2.24, 2.45) is 0 Å². The minimum Gasteiger partial charge on any atom is -0.480 e. The van der Waals surface area contributed by atoms with Gasteiger partial charge in [0, 0.05) is 5.02 Å². The van der Waals surface area contributed by atoms with Crippen molar-refractivity contribution in [3.05, 3.63) is 35.6 Å². The predicted molar refractivity (Wildman–Crippen MR) is 145 cm³/mol. The monoisotopic (exact) mass is 616 g/mol. The number of nitrogens with two attached hydrogens (primary N) is 1. The van der Waals surface area contributed by atoms with Crippen LogP contribution in [0.25, 0.3) is 11.2 Å². The molecule has 3 heterocycles. The van der Waals surface area contributed by atoms with Crippen molar-refractivity contribution in [3.63, 3.8) is 0 Å². The minimum atomic E-state index is -4.47. The Kier molecular flexibility index (Phi) is 8.79. The third-order valence-corrected chi connectivity index (χ3v) is 8.63. The van der Waals surface area contributed by atoms with E-state index in [0.717, 1.165) is 6.92 Å². The van der Waals surface area contributed by atoms with Gasteiger partial charge in [0.2, 0.25) is 11.8 Å². The molecule has 0 bridgehead atoms. The van der Waals surface area contributed by atoms with E-state index in [0.29, 0.717) is 5.02 Å². The summed E-state index contributed by atoms with van der Waals surface area (Å²) < 4.78 is 53.5. The number of hydrogen-bond donors (Lipinski definition) is 4. The van der Waals surface area contributed by atoms with Gasteiger partial charge in [-0.1, -0.05) is 18.5 Å². The van der Waals surface area contributed by atoms with Crippen LogP contribution >= 0.6 is 19.3 Å². The molecule has 0 amide bonds. The second-order valence-electron chi connectivity index (χ2n) is 9.71. The number of anilines is 1. The van der Waals surface area contributed by atoms with Crippen LogP contribution < -0.4 is 20.1 Å². The summed E-state index contributed by atoms with van der Waals surface area (Å²) in [7, 11) is -4.47. The zero-order chi connectivity index (χ0) is 30.2. The number of carboxylic acid groups (broad SMARTS) is 1. The van der Waals surface area contributed by atoms with Crippen molar-refractivity contribution < 1.29 is 42.5 Å². The van der Waals surface area contributed by atoms with Crippen molar-refractivity contribution in [3.8, 4) is 11.6 Å². The number of benzene rings is 1. The van der Waals surface area contributed by atoms with Crippen molar-refractivity contribution >= 4 is 42.4 Å². The molecule has 1 aliphatic rings. The van der Waals surface area contributed by atoms with Gasteiger partial charge in [0.1, 0.15) is 23.5 Å². The molecule has 1 fully saturated rings. The Balaban J connectivity index is 1.61. The Morgan fingerprint density at radius 1 is 1.34 bits per heavy atom. The quantitative estimate of drug-likeness (QED) is 0.216. The SMILES string of the molecule is CCOc1nc(N)nc2c1ncn2[C@@H]1O[C@H](COP(=O)(N[C@@](C)(CC)C(=O)O)Oc2ccc(Cl)cc2)[C@@H](O)[C@@]1(C)F. The van der Waals surface area contributed by atoms with E-state index in [4.69, 9.17) is 35.9 Å². The van der Waals surface area contributed by atoms with Crippen LogP contribution in [0.3, 0.4) is 0 Å². The lowest BCUT2D eigenvalue weighted by Gasteiger charge is -2.30. The molecular weight excluding hydrogens is 586 g/mol. The number of halogens is 2. The molecule has 0 radical (unpaired) electrons. The molecule has 2 aromatic heterocycles. The maximum atomic E-state index is 16.0. The van der Waals surface area contributed by atoms with E-state index < -0.39 is 50.0 Å². The Morgan fingerprint density at radius 3 is 2.63 bits per heavy atom. The molecule has 1 aromatic carbocycles. The number of nitrogens with zero attached hydrogens (tertiary/aromatic N) is 4. The van der Waals surface area contributed by atoms with Crippen LogP contribution in [0.5, 0.6) is 11.6 Å². The summed E-state index contributed by atoms with van der Waals surface area (Å²) in [5.41, 5.74) is 1.97. The number of hydrogen-bond acceptors (Lipinski definition) is 11. The van der Waals surface area contributed by atoms with Crippen LogP contribution in [0.2, 0.25) is 5.02 Å². The number of rotatable bonds is 12. The van der Waals surface area contributed by atoms with Gasteiger partial charge in [0.05, 0.1) is 19.5 Å². The average Bonchev–Trinajstić information content (AvgIpc) is 3.42. The number of carbonyl (C=O) groups is 1. The Labute approximate surface area is 239 Å². The topological polar surface area (TPSA) is 193 Å². The lowest BCUT2D eigenvalue weighted by atomic mass is 9.98. The maximum Gasteiger partial charge on any atom is 0.459 e. The number of nitrogen functional groups attached to an aromatic ring is 1. The molecule has 17 heteroatoms. The second-order valence-corrected chi connectivity index (χ2v) is 11.8. The van der Waals surface area contributed by atoms with Crippen LogP contribution in [0.4, 0.5) is 10.3 Å². The van der Waals surface area contributed by atoms with Crippen LogP contribution in [-0.2, 0) is 18.6 Å². The summed E-state index contributed by atoms with van der Waals surface area (Å²) in [5, 5.41) is 23.4. The fourth-order valence-corrected chi connectivity index (χ4v) is 6.02. The van der Waals surface area contributed by atoms with Gasteiger partial charge in [-0.3, -0.25) is 13.9 Å². The van der Waals surface area contributed by atoms with Gasteiger partial charge < -0.3 is 29.9 Å². The molecule has 0 saturated carbocycles. The number of ether oxygens (including phenoxy) is 2. The zero-order valence-corrected chi connectivity index (χ0v) is 24.3. The molecule has 6 atom stereocenters. The van der Waals surface area contributed by atoms with Gasteiger partial charge in [0.15, 0.2) is 23.1 Å². The number of aliphatic carboxylic acids is 1. The summed E-state index contributed by atoms with van der Waals surface area (Å²) in [6, 6.07) is 5.77. The number of aromatic nitrogens is 4. The first-order valence-electron chi connectivity index (χ1n) is 12.6. The lowest BCUT2D eigenvalue weighted by Crippen LogP contribution is -2.48. The van der Waals surface area contributed by atoms with E-state index in [1.54, 1.807) is 13.8 Å². The van der Waals surface area contributed by atoms with Gasteiger partial charge in [-0.25, -0.2) is 13.9 Å². The zero-order valence-electron chi connectivity index (χ0n) is 22.7. The molecular formula is C24H31ClFN6O8P. The molecule has 3 aromatic rings. The lowest BCUT2D eigenvalue weighted by molar-refractivity contribution is -0.143. The summed E-state index contributed by atoms with van der Waals surface area (Å²) in [6.45, 7) is 5.35. The highest BCUT2D eigenvalue weighted by atomic mass is 35.5. The molecule has 4 rings (SSSR count). The number of nitrogens with one attached hydrogen (secondary N) is 1. The number of aliphatic hydroxyl groups is 1. The number of fused-ring (bicyclic) bond motifs is 1. The van der Waals surface area contributed by atoms with Gasteiger partial charge >= 0.3 is 13.7 Å². The number of alkyl halides is 1. The first kappa shape index (κ1) is 30.9. The highest BCUT2D eigenvalue weighted by molar-refractivity contribution is 7.52. The summed E-state index contributed by atoms with van der Waals surface area (Å²) >= 11 is 5.91. The molecule has 1 unspecified atom stereocenters. The van der Waals surface area contributed by atoms with Gasteiger partial charge in [-0.05, 0) is 51.5 Å². The number of aliphatic hydroxyl groups excluding tert-OH is 1. The normalized spacial score (nSPS) is 25.5. The molecule has 41 heavy (non-hydrogen) atoms. The molecule has 1 saturated heterocycles. The summed E-state index contributed by atoms with van der Waals surface area (Å²) in [4.78, 5) is 24.3. The molecule has 14 nitrogen and oxygen atoms in total. The van der Waals surface area contributed by atoms with Crippen LogP contribution in [-0.4, -0.2) is 72.3 Å². The predicted octanol–water partition coefficient (Wildman–Crippen LogP) is 3.49. The van der Waals surface area contributed by atoms with E-state index in [-0.39, 0.29) is 41.8 Å². The molecule has 5 N–H and O–H groups in total. The van der Waals surface area contributed by atoms with E-state index >= 15 is 4.39 Å². The van der Waals surface area contributed by atoms with Gasteiger partial charge in [0.25, 0.3) is 0 Å². The largest absolute Gasteiger partial charge is 0.480 e. The van der Waals surface area contributed by atoms with Crippen LogP contribution in [0, 0.1) is 0 Å². The highest BCUT2D eigenvalue weighted by Gasteiger charge is 2.56. The first-order valence-corrected chi connectivity index (χ1v) is 14.5. The minimum absolute atomic E-state index is 0.00919. The van der Waals surface area contributed by atoms with Crippen molar-refractivity contribution in [1.82, 2.24) is 24.6 Å². The maximum absolute atomic E-state index is 16.0. The van der Waals surface area contributed by atoms with Crippen molar-refractivity contribution in [2.45, 2.75) is 63.8 Å². The second kappa shape index (κ2) is 11.7. The summed E-state index contributed by atoms with van der Waals surface area (Å²) in [5.74, 6) is -1.30.